The fourth-order valence-corrected chi connectivity index (χ4v) is 2.11. The van der Waals surface area contributed by atoms with E-state index in [1.165, 1.54) is 10.6 Å². The Kier molecular flexibility index (Phi) is 1.96. The van der Waals surface area contributed by atoms with Crippen LogP contribution in [0, 0.1) is 11.3 Å². The predicted molar refractivity (Wildman–Crippen MR) is 51.3 cm³/mol. The van der Waals surface area contributed by atoms with Crippen LogP contribution in [-0.4, -0.2) is 17.8 Å². The van der Waals surface area contributed by atoms with Crippen LogP contribution >= 0.6 is 0 Å². The molecule has 0 fully saturated rings. The lowest BCUT2D eigenvalue weighted by molar-refractivity contribution is 0.592. The van der Waals surface area contributed by atoms with Crippen LogP contribution in [0.1, 0.15) is 5.69 Å². The zero-order chi connectivity index (χ0) is 11.1. The van der Waals surface area contributed by atoms with Crippen LogP contribution in [0.3, 0.4) is 0 Å². The van der Waals surface area contributed by atoms with E-state index in [0.717, 1.165) is 0 Å². The maximum atomic E-state index is 11.3. The molecular formula is C8H6N4O2S. The van der Waals surface area contributed by atoms with Crippen molar-refractivity contribution in [3.8, 4) is 6.07 Å². The van der Waals surface area contributed by atoms with E-state index in [-0.39, 0.29) is 10.7 Å². The number of fused-ring (bicyclic) bond motifs is 1. The lowest BCUT2D eigenvalue weighted by atomic mass is 10.5. The average molecular weight is 222 g/mol. The van der Waals surface area contributed by atoms with E-state index in [4.69, 9.17) is 10.4 Å². The van der Waals surface area contributed by atoms with Crippen molar-refractivity contribution in [3.05, 3.63) is 30.1 Å². The minimum atomic E-state index is -3.95. The normalized spacial score (nSPS) is 11.5. The van der Waals surface area contributed by atoms with Gasteiger partial charge < -0.3 is 0 Å². The molecule has 0 amide bonds. The Morgan fingerprint density at radius 1 is 1.47 bits per heavy atom. The van der Waals surface area contributed by atoms with Gasteiger partial charge in [0.15, 0.2) is 10.7 Å². The molecule has 2 N–H and O–H groups in total. The summed E-state index contributed by atoms with van der Waals surface area (Å²) in [6.45, 7) is 0. The first kappa shape index (κ1) is 9.64. The SMILES string of the molecule is N#Cc1nc2ccccn2c1S(N)(=O)=O. The number of hydrogen-bond donors (Lipinski definition) is 1. The molecule has 15 heavy (non-hydrogen) atoms. The van der Waals surface area contributed by atoms with Gasteiger partial charge in [0.25, 0.3) is 10.0 Å². The Labute approximate surface area is 85.6 Å². The molecule has 0 bridgehead atoms. The summed E-state index contributed by atoms with van der Waals surface area (Å²) in [7, 11) is -3.95. The van der Waals surface area contributed by atoms with Crippen molar-refractivity contribution in [2.24, 2.45) is 5.14 Å². The van der Waals surface area contributed by atoms with E-state index in [2.05, 4.69) is 4.98 Å². The zero-order valence-corrected chi connectivity index (χ0v) is 8.27. The van der Waals surface area contributed by atoms with E-state index >= 15 is 0 Å². The molecular weight excluding hydrogens is 216 g/mol. The molecule has 2 rings (SSSR count). The van der Waals surface area contributed by atoms with Crippen LogP contribution in [-0.2, 0) is 10.0 Å². The number of sulfonamides is 1. The van der Waals surface area contributed by atoms with E-state index in [0.29, 0.717) is 5.65 Å². The molecule has 2 aromatic rings. The molecule has 0 radical (unpaired) electrons. The molecule has 0 saturated carbocycles. The second-order valence-corrected chi connectivity index (χ2v) is 4.33. The summed E-state index contributed by atoms with van der Waals surface area (Å²) in [6, 6.07) is 6.61. The van der Waals surface area contributed by atoms with Crippen LogP contribution in [0.15, 0.2) is 29.4 Å². The topological polar surface area (TPSA) is 101 Å². The first-order valence-electron chi connectivity index (χ1n) is 3.94. The number of imidazole rings is 1. The largest absolute Gasteiger partial charge is 0.288 e. The first-order valence-corrected chi connectivity index (χ1v) is 5.48. The smallest absolute Gasteiger partial charge is 0.257 e. The van der Waals surface area contributed by atoms with Crippen LogP contribution < -0.4 is 5.14 Å². The van der Waals surface area contributed by atoms with Gasteiger partial charge in [0, 0.05) is 6.20 Å². The molecule has 0 aromatic carbocycles. The van der Waals surface area contributed by atoms with Gasteiger partial charge in [0.2, 0.25) is 0 Å². The highest BCUT2D eigenvalue weighted by Crippen LogP contribution is 2.15. The maximum Gasteiger partial charge on any atom is 0.257 e. The van der Waals surface area contributed by atoms with Gasteiger partial charge in [-0.15, -0.1) is 0 Å². The molecule has 2 heterocycles. The number of nitriles is 1. The quantitative estimate of drug-likeness (QED) is 0.725. The average Bonchev–Trinajstić information content (AvgIpc) is 2.54. The summed E-state index contributed by atoms with van der Waals surface area (Å²) in [5, 5.41) is 13.5. The highest BCUT2D eigenvalue weighted by atomic mass is 32.2. The van der Waals surface area contributed by atoms with Crippen molar-refractivity contribution in [2.45, 2.75) is 5.03 Å². The summed E-state index contributed by atoms with van der Waals surface area (Å²) in [6.07, 6.45) is 1.49. The van der Waals surface area contributed by atoms with Gasteiger partial charge in [-0.25, -0.2) is 18.5 Å². The van der Waals surface area contributed by atoms with Crippen LogP contribution in [0.5, 0.6) is 0 Å². The van der Waals surface area contributed by atoms with E-state index in [1.807, 2.05) is 0 Å². The van der Waals surface area contributed by atoms with Gasteiger partial charge in [-0.3, -0.25) is 4.40 Å². The molecule has 0 aliphatic heterocycles. The van der Waals surface area contributed by atoms with Crippen LogP contribution in [0.4, 0.5) is 0 Å². The molecule has 2 aromatic heterocycles. The number of hydrogen-bond acceptors (Lipinski definition) is 4. The second-order valence-electron chi connectivity index (χ2n) is 2.85. The molecule has 6 nitrogen and oxygen atoms in total. The van der Waals surface area contributed by atoms with Crippen molar-refractivity contribution in [1.82, 2.24) is 9.38 Å². The van der Waals surface area contributed by atoms with Crippen LogP contribution in [0.25, 0.3) is 5.65 Å². The molecule has 7 heteroatoms. The molecule has 76 valence electrons. The second kappa shape index (κ2) is 3.05. The third-order valence-electron chi connectivity index (χ3n) is 1.86. The van der Waals surface area contributed by atoms with Crippen molar-refractivity contribution >= 4 is 15.7 Å². The van der Waals surface area contributed by atoms with E-state index < -0.39 is 10.0 Å². The fourth-order valence-electron chi connectivity index (χ4n) is 1.32. The molecule has 0 saturated heterocycles. The number of aromatic nitrogens is 2. The monoisotopic (exact) mass is 222 g/mol. The summed E-state index contributed by atoms with van der Waals surface area (Å²) < 4.78 is 23.8. The van der Waals surface area contributed by atoms with Crippen molar-refractivity contribution in [1.29, 1.82) is 5.26 Å². The Bertz CT molecular complexity index is 665. The third-order valence-corrected chi connectivity index (χ3v) is 2.79. The predicted octanol–water partition coefficient (Wildman–Crippen LogP) is -0.147. The van der Waals surface area contributed by atoms with E-state index in [9.17, 15) is 8.42 Å². The van der Waals surface area contributed by atoms with E-state index in [1.54, 1.807) is 24.3 Å². The standard InChI is InChI=1S/C8H6N4O2S/c9-5-6-8(15(10,13)14)12-4-2-1-3-7(12)11-6/h1-4H,(H2,10,13,14). The number of pyridine rings is 1. The fraction of sp³-hybridized carbons (Fsp3) is 0. The summed E-state index contributed by atoms with van der Waals surface area (Å²) in [5.41, 5.74) is 0.182. The molecule has 0 aliphatic rings. The maximum absolute atomic E-state index is 11.3. The van der Waals surface area contributed by atoms with Crippen molar-refractivity contribution < 1.29 is 8.42 Å². The Balaban J connectivity index is 2.99. The first-order chi connectivity index (χ1) is 7.04. The Morgan fingerprint density at radius 3 is 2.80 bits per heavy atom. The summed E-state index contributed by atoms with van der Waals surface area (Å²) >= 11 is 0. The van der Waals surface area contributed by atoms with Gasteiger partial charge in [-0.05, 0) is 12.1 Å². The highest BCUT2D eigenvalue weighted by molar-refractivity contribution is 7.89. The highest BCUT2D eigenvalue weighted by Gasteiger charge is 2.21. The van der Waals surface area contributed by atoms with Gasteiger partial charge >= 0.3 is 0 Å². The minimum absolute atomic E-state index is 0.191. The van der Waals surface area contributed by atoms with Gasteiger partial charge in [0.05, 0.1) is 0 Å². The third kappa shape index (κ3) is 1.45. The summed E-state index contributed by atoms with van der Waals surface area (Å²) in [4.78, 5) is 3.84. The zero-order valence-electron chi connectivity index (χ0n) is 7.45. The molecule has 0 spiro atoms. The minimum Gasteiger partial charge on any atom is -0.288 e. The number of nitrogens with two attached hydrogens (primary N) is 1. The van der Waals surface area contributed by atoms with Gasteiger partial charge in [-0.2, -0.15) is 5.26 Å². The Morgan fingerprint density at radius 2 is 2.20 bits per heavy atom. The lowest BCUT2D eigenvalue weighted by Gasteiger charge is -1.97. The van der Waals surface area contributed by atoms with Crippen LogP contribution in [0.2, 0.25) is 0 Å². The molecule has 0 atom stereocenters. The van der Waals surface area contributed by atoms with Crippen molar-refractivity contribution in [2.75, 3.05) is 0 Å². The summed E-state index contributed by atoms with van der Waals surface area (Å²) in [5.74, 6) is 0. The van der Waals surface area contributed by atoms with Gasteiger partial charge in [0.1, 0.15) is 11.7 Å². The lowest BCUT2D eigenvalue weighted by Crippen LogP contribution is -2.15. The molecule has 0 aliphatic carbocycles. The van der Waals surface area contributed by atoms with Gasteiger partial charge in [-0.1, -0.05) is 6.07 Å². The number of rotatable bonds is 1. The number of nitrogens with zero attached hydrogens (tertiary/aromatic N) is 3. The Hall–Kier alpha value is -1.91. The molecule has 0 unspecified atom stereocenters. The number of primary sulfonamides is 1. The van der Waals surface area contributed by atoms with Crippen molar-refractivity contribution in [3.63, 3.8) is 0 Å².